The van der Waals surface area contributed by atoms with Crippen molar-refractivity contribution in [3.63, 3.8) is 0 Å². The van der Waals surface area contributed by atoms with Crippen molar-refractivity contribution in [2.45, 2.75) is 19.1 Å². The van der Waals surface area contributed by atoms with Gasteiger partial charge >= 0.3 is 0 Å². The molecule has 1 amide bonds. The molecule has 0 radical (unpaired) electrons. The van der Waals surface area contributed by atoms with Crippen LogP contribution in [-0.2, 0) is 4.79 Å². The maximum atomic E-state index is 12.5. The van der Waals surface area contributed by atoms with E-state index < -0.39 is 12.1 Å². The zero-order valence-corrected chi connectivity index (χ0v) is 15.3. The molecule has 7 heteroatoms. The first-order valence-electron chi connectivity index (χ1n) is 8.44. The number of anilines is 1. The van der Waals surface area contributed by atoms with E-state index in [1.165, 1.54) is 4.90 Å². The van der Waals surface area contributed by atoms with Crippen LogP contribution in [0.2, 0.25) is 0 Å². The number of aliphatic hydroxyl groups is 1. The van der Waals surface area contributed by atoms with Gasteiger partial charge in [0.15, 0.2) is 5.11 Å². The van der Waals surface area contributed by atoms with Crippen LogP contribution in [0.5, 0.6) is 0 Å². The van der Waals surface area contributed by atoms with Crippen LogP contribution in [0.4, 0.5) is 5.69 Å². The van der Waals surface area contributed by atoms with Gasteiger partial charge in [0.1, 0.15) is 17.8 Å². The summed E-state index contributed by atoms with van der Waals surface area (Å²) in [6.07, 6.45) is 1.07. The predicted molar refractivity (Wildman–Crippen MR) is 107 cm³/mol. The Balaban J connectivity index is 1.71. The largest absolute Gasteiger partial charge is 0.391 e. The molecule has 2 aromatic carbocycles. The maximum absolute atomic E-state index is 12.5. The first-order valence-corrected chi connectivity index (χ1v) is 8.85. The van der Waals surface area contributed by atoms with E-state index >= 15 is 0 Å². The minimum Gasteiger partial charge on any atom is -0.391 e. The summed E-state index contributed by atoms with van der Waals surface area (Å²) < 4.78 is 1.83. The van der Waals surface area contributed by atoms with E-state index in [9.17, 15) is 15.2 Å². The number of benzene rings is 2. The number of nitriles is 1. The van der Waals surface area contributed by atoms with Gasteiger partial charge in [0.05, 0.1) is 11.8 Å². The topological polar surface area (TPSA) is 81.3 Å². The first-order chi connectivity index (χ1) is 13.0. The molecule has 1 fully saturated rings. The summed E-state index contributed by atoms with van der Waals surface area (Å²) in [5.74, 6) is -0.285. The van der Waals surface area contributed by atoms with Crippen molar-refractivity contribution in [2.75, 3.05) is 4.90 Å². The standard InChI is InChI=1S/C20H16N4O2S/c1-12(25)18-19(26)24(20(27)22-18)15-8-6-14(7-9-15)23-11-13-4-2-3-5-16(13)17(23)10-21/h2-9,11-12,18,25H,1H3,(H,22,27)/t12?,18-/m0/s1. The Hall–Kier alpha value is -3.21. The van der Waals surface area contributed by atoms with Crippen molar-refractivity contribution in [1.29, 1.82) is 5.26 Å². The maximum Gasteiger partial charge on any atom is 0.258 e. The first kappa shape index (κ1) is 17.2. The molecule has 3 aromatic rings. The summed E-state index contributed by atoms with van der Waals surface area (Å²) in [5.41, 5.74) is 1.98. The van der Waals surface area contributed by atoms with E-state index in [1.807, 2.05) is 47.2 Å². The summed E-state index contributed by atoms with van der Waals surface area (Å²) in [7, 11) is 0. The van der Waals surface area contributed by atoms with Gasteiger partial charge in [-0.15, -0.1) is 0 Å². The number of nitrogens with one attached hydrogen (secondary N) is 1. The second kappa shape index (κ2) is 6.50. The van der Waals surface area contributed by atoms with Gasteiger partial charge in [0.25, 0.3) is 5.91 Å². The Morgan fingerprint density at radius 1 is 1.19 bits per heavy atom. The molecule has 1 aromatic heterocycles. The normalized spacial score (nSPS) is 17.8. The van der Waals surface area contributed by atoms with Crippen LogP contribution < -0.4 is 10.2 Å². The lowest BCUT2D eigenvalue weighted by Crippen LogP contribution is -2.39. The molecule has 2 N–H and O–H groups in total. The number of fused-ring (bicyclic) bond motifs is 1. The van der Waals surface area contributed by atoms with Crippen LogP contribution in [0.3, 0.4) is 0 Å². The number of hydrogen-bond donors (Lipinski definition) is 2. The van der Waals surface area contributed by atoms with Gasteiger partial charge in [0.2, 0.25) is 0 Å². The fraction of sp³-hybridized carbons (Fsp3) is 0.150. The highest BCUT2D eigenvalue weighted by atomic mass is 32.1. The van der Waals surface area contributed by atoms with Crippen molar-refractivity contribution >= 4 is 39.7 Å². The predicted octanol–water partition coefficient (Wildman–Crippen LogP) is 2.47. The molecule has 2 heterocycles. The summed E-state index contributed by atoms with van der Waals surface area (Å²) >= 11 is 5.24. The number of rotatable bonds is 3. The molecule has 0 bridgehead atoms. The summed E-state index contributed by atoms with van der Waals surface area (Å²) in [6, 6.07) is 16.5. The van der Waals surface area contributed by atoms with Gasteiger partial charge in [-0.25, -0.2) is 0 Å². The molecular formula is C20H16N4O2S. The molecule has 1 saturated heterocycles. The number of aliphatic hydroxyl groups excluding tert-OH is 1. The molecule has 2 atom stereocenters. The zero-order valence-electron chi connectivity index (χ0n) is 14.5. The van der Waals surface area contributed by atoms with Gasteiger partial charge < -0.3 is 15.0 Å². The minimum atomic E-state index is -0.842. The molecule has 0 saturated carbocycles. The molecule has 134 valence electrons. The van der Waals surface area contributed by atoms with E-state index in [0.29, 0.717) is 11.4 Å². The fourth-order valence-corrected chi connectivity index (χ4v) is 3.63. The SMILES string of the molecule is CC(O)[C@@H]1NC(=S)N(c2ccc(-n3cc4ccccc4c3C#N)cc2)C1=O. The molecular weight excluding hydrogens is 360 g/mol. The highest BCUT2D eigenvalue weighted by Gasteiger charge is 2.39. The smallest absolute Gasteiger partial charge is 0.258 e. The second-order valence-electron chi connectivity index (χ2n) is 6.40. The number of carbonyl (C=O) groups is 1. The third kappa shape index (κ3) is 2.76. The van der Waals surface area contributed by atoms with Gasteiger partial charge in [-0.1, -0.05) is 24.3 Å². The molecule has 1 aliphatic rings. The average Bonchev–Trinajstić information content (AvgIpc) is 3.19. The Morgan fingerprint density at radius 2 is 1.85 bits per heavy atom. The monoisotopic (exact) mass is 376 g/mol. The second-order valence-corrected chi connectivity index (χ2v) is 6.79. The Labute approximate surface area is 161 Å². The Bertz CT molecular complexity index is 1100. The van der Waals surface area contributed by atoms with Gasteiger partial charge in [0, 0.05) is 22.7 Å². The van der Waals surface area contributed by atoms with Crippen LogP contribution in [0.15, 0.2) is 54.7 Å². The fourth-order valence-electron chi connectivity index (χ4n) is 3.31. The number of hydrogen-bond acceptors (Lipinski definition) is 4. The van der Waals surface area contributed by atoms with Crippen LogP contribution >= 0.6 is 12.2 Å². The number of aromatic nitrogens is 1. The summed E-state index contributed by atoms with van der Waals surface area (Å²) in [4.78, 5) is 13.9. The third-order valence-electron chi connectivity index (χ3n) is 4.67. The number of amides is 1. The van der Waals surface area contributed by atoms with Crippen LogP contribution in [0.25, 0.3) is 16.5 Å². The van der Waals surface area contributed by atoms with Gasteiger partial charge in [-0.05, 0) is 43.4 Å². The summed E-state index contributed by atoms with van der Waals surface area (Å²) in [5, 5.41) is 24.3. The zero-order chi connectivity index (χ0) is 19.1. The Kier molecular flexibility index (Phi) is 4.15. The van der Waals surface area contributed by atoms with Gasteiger partial charge in [-0.3, -0.25) is 9.69 Å². The third-order valence-corrected chi connectivity index (χ3v) is 4.97. The number of thiocarbonyl (C=S) groups is 1. The molecule has 0 spiro atoms. The minimum absolute atomic E-state index is 0.267. The quantitative estimate of drug-likeness (QED) is 0.687. The molecule has 1 unspecified atom stereocenters. The number of carbonyl (C=O) groups excluding carboxylic acids is 1. The molecule has 27 heavy (non-hydrogen) atoms. The van der Waals surface area contributed by atoms with Crippen molar-refractivity contribution in [2.24, 2.45) is 0 Å². The van der Waals surface area contributed by atoms with Crippen LogP contribution in [0.1, 0.15) is 12.6 Å². The van der Waals surface area contributed by atoms with Crippen molar-refractivity contribution < 1.29 is 9.90 Å². The van der Waals surface area contributed by atoms with Crippen molar-refractivity contribution in [3.05, 3.63) is 60.4 Å². The van der Waals surface area contributed by atoms with E-state index in [0.717, 1.165) is 16.5 Å². The van der Waals surface area contributed by atoms with E-state index in [-0.39, 0.29) is 11.0 Å². The molecule has 6 nitrogen and oxygen atoms in total. The highest BCUT2D eigenvalue weighted by Crippen LogP contribution is 2.27. The van der Waals surface area contributed by atoms with Gasteiger partial charge in [-0.2, -0.15) is 5.26 Å². The Morgan fingerprint density at radius 3 is 2.48 bits per heavy atom. The molecule has 4 rings (SSSR count). The van der Waals surface area contributed by atoms with E-state index in [1.54, 1.807) is 19.1 Å². The van der Waals surface area contributed by atoms with Crippen LogP contribution in [-0.4, -0.2) is 32.8 Å². The molecule has 1 aliphatic heterocycles. The van der Waals surface area contributed by atoms with E-state index in [2.05, 4.69) is 11.4 Å². The van der Waals surface area contributed by atoms with E-state index in [4.69, 9.17) is 12.2 Å². The lowest BCUT2D eigenvalue weighted by Gasteiger charge is -2.16. The lowest BCUT2D eigenvalue weighted by atomic mass is 10.2. The van der Waals surface area contributed by atoms with Crippen LogP contribution in [0, 0.1) is 11.3 Å². The van der Waals surface area contributed by atoms with Crippen molar-refractivity contribution in [3.8, 4) is 11.8 Å². The highest BCUT2D eigenvalue weighted by molar-refractivity contribution is 7.80. The summed E-state index contributed by atoms with van der Waals surface area (Å²) in [6.45, 7) is 1.55. The molecule has 0 aliphatic carbocycles. The lowest BCUT2D eigenvalue weighted by molar-refractivity contribution is -0.120. The van der Waals surface area contributed by atoms with Crippen molar-refractivity contribution in [1.82, 2.24) is 9.88 Å². The number of nitrogens with zero attached hydrogens (tertiary/aromatic N) is 3. The average molecular weight is 376 g/mol.